The summed E-state index contributed by atoms with van der Waals surface area (Å²) in [6.45, 7) is 4.82. The number of aryl methyl sites for hydroxylation is 1. The number of halogens is 1. The van der Waals surface area contributed by atoms with Gasteiger partial charge in [-0.15, -0.1) is 0 Å². The Hall–Kier alpha value is -0.830. The molecule has 16 heavy (non-hydrogen) atoms. The quantitative estimate of drug-likeness (QED) is 0.778. The van der Waals surface area contributed by atoms with Gasteiger partial charge in [0.15, 0.2) is 0 Å². The standard InChI is InChI=1S/C13H18BrNO/c1-10-6-4-7-12(11(10)2)13(16)15(3)9-5-8-14/h4,6-7H,5,8-9H2,1-3H3. The van der Waals surface area contributed by atoms with Crippen LogP contribution in [-0.2, 0) is 0 Å². The third-order valence-corrected chi connectivity index (χ3v) is 3.37. The summed E-state index contributed by atoms with van der Waals surface area (Å²) in [5.41, 5.74) is 3.06. The van der Waals surface area contributed by atoms with E-state index in [0.717, 1.165) is 29.4 Å². The average Bonchev–Trinajstić information content (AvgIpc) is 2.28. The number of hydrogen-bond acceptors (Lipinski definition) is 1. The zero-order valence-corrected chi connectivity index (χ0v) is 11.7. The second-order valence-electron chi connectivity index (χ2n) is 4.02. The molecular formula is C13H18BrNO. The van der Waals surface area contributed by atoms with Crippen molar-refractivity contribution in [2.75, 3.05) is 18.9 Å². The SMILES string of the molecule is Cc1cccc(C(=O)N(C)CCCBr)c1C. The molecular weight excluding hydrogens is 266 g/mol. The van der Waals surface area contributed by atoms with Gasteiger partial charge in [0.05, 0.1) is 0 Å². The van der Waals surface area contributed by atoms with Gasteiger partial charge in [-0.25, -0.2) is 0 Å². The molecule has 0 N–H and O–H groups in total. The van der Waals surface area contributed by atoms with Gasteiger partial charge in [0.25, 0.3) is 5.91 Å². The molecule has 88 valence electrons. The van der Waals surface area contributed by atoms with Crippen LogP contribution in [0.4, 0.5) is 0 Å². The van der Waals surface area contributed by atoms with Crippen LogP contribution < -0.4 is 0 Å². The van der Waals surface area contributed by atoms with E-state index >= 15 is 0 Å². The van der Waals surface area contributed by atoms with Crippen molar-refractivity contribution < 1.29 is 4.79 Å². The Morgan fingerprint density at radius 2 is 2.06 bits per heavy atom. The second-order valence-corrected chi connectivity index (χ2v) is 4.81. The van der Waals surface area contributed by atoms with Crippen LogP contribution in [0.1, 0.15) is 27.9 Å². The second kappa shape index (κ2) is 6.04. The highest BCUT2D eigenvalue weighted by molar-refractivity contribution is 9.09. The van der Waals surface area contributed by atoms with Crippen LogP contribution >= 0.6 is 15.9 Å². The molecule has 1 rings (SSSR count). The molecule has 0 atom stereocenters. The summed E-state index contributed by atoms with van der Waals surface area (Å²) in [6, 6.07) is 5.87. The lowest BCUT2D eigenvalue weighted by atomic mass is 10.0. The summed E-state index contributed by atoms with van der Waals surface area (Å²) in [5, 5.41) is 0.928. The molecule has 0 aromatic heterocycles. The minimum Gasteiger partial charge on any atom is -0.342 e. The fourth-order valence-electron chi connectivity index (χ4n) is 1.59. The lowest BCUT2D eigenvalue weighted by molar-refractivity contribution is 0.0795. The number of nitrogens with zero attached hydrogens (tertiary/aromatic N) is 1. The smallest absolute Gasteiger partial charge is 0.253 e. The highest BCUT2D eigenvalue weighted by Crippen LogP contribution is 2.14. The van der Waals surface area contributed by atoms with E-state index in [-0.39, 0.29) is 5.91 Å². The molecule has 0 radical (unpaired) electrons. The van der Waals surface area contributed by atoms with Crippen LogP contribution in [0, 0.1) is 13.8 Å². The van der Waals surface area contributed by atoms with Gasteiger partial charge < -0.3 is 4.90 Å². The van der Waals surface area contributed by atoms with Gasteiger partial charge in [-0.3, -0.25) is 4.79 Å². The molecule has 0 spiro atoms. The van der Waals surface area contributed by atoms with Gasteiger partial charge in [-0.2, -0.15) is 0 Å². The van der Waals surface area contributed by atoms with E-state index in [1.54, 1.807) is 4.90 Å². The number of carbonyl (C=O) groups is 1. The lowest BCUT2D eigenvalue weighted by Crippen LogP contribution is -2.28. The molecule has 3 heteroatoms. The van der Waals surface area contributed by atoms with E-state index in [2.05, 4.69) is 15.9 Å². The predicted octanol–water partition coefficient (Wildman–Crippen LogP) is 3.16. The molecule has 0 heterocycles. The van der Waals surface area contributed by atoms with E-state index in [0.29, 0.717) is 0 Å². The van der Waals surface area contributed by atoms with Gasteiger partial charge in [-0.1, -0.05) is 28.1 Å². The molecule has 0 saturated heterocycles. The molecule has 0 aliphatic heterocycles. The largest absolute Gasteiger partial charge is 0.342 e. The van der Waals surface area contributed by atoms with E-state index in [1.165, 1.54) is 5.56 Å². The molecule has 0 aliphatic carbocycles. The maximum absolute atomic E-state index is 12.1. The topological polar surface area (TPSA) is 20.3 Å². The fraction of sp³-hybridized carbons (Fsp3) is 0.462. The van der Waals surface area contributed by atoms with Gasteiger partial charge >= 0.3 is 0 Å². The third-order valence-electron chi connectivity index (χ3n) is 2.81. The van der Waals surface area contributed by atoms with Gasteiger partial charge in [0, 0.05) is 24.5 Å². The van der Waals surface area contributed by atoms with Crippen molar-refractivity contribution in [3.63, 3.8) is 0 Å². The predicted molar refractivity (Wildman–Crippen MR) is 71.3 cm³/mol. The van der Waals surface area contributed by atoms with Crippen LogP contribution in [-0.4, -0.2) is 29.7 Å². The normalized spacial score (nSPS) is 10.2. The van der Waals surface area contributed by atoms with Crippen LogP contribution in [0.2, 0.25) is 0 Å². The maximum atomic E-state index is 12.1. The summed E-state index contributed by atoms with van der Waals surface area (Å²) in [6.07, 6.45) is 0.979. The van der Waals surface area contributed by atoms with E-state index in [4.69, 9.17) is 0 Å². The van der Waals surface area contributed by atoms with Crippen molar-refractivity contribution in [2.45, 2.75) is 20.3 Å². The van der Waals surface area contributed by atoms with Crippen molar-refractivity contribution in [3.8, 4) is 0 Å². The fourth-order valence-corrected chi connectivity index (χ4v) is 1.84. The molecule has 0 aliphatic rings. The number of benzene rings is 1. The molecule has 1 aromatic rings. The van der Waals surface area contributed by atoms with E-state index in [1.807, 2.05) is 39.1 Å². The first-order valence-electron chi connectivity index (χ1n) is 5.45. The van der Waals surface area contributed by atoms with Crippen LogP contribution in [0.3, 0.4) is 0 Å². The molecule has 0 saturated carbocycles. The van der Waals surface area contributed by atoms with Crippen molar-refractivity contribution in [2.24, 2.45) is 0 Å². The Kier molecular flexibility index (Phi) is 5.00. The maximum Gasteiger partial charge on any atom is 0.253 e. The van der Waals surface area contributed by atoms with Crippen molar-refractivity contribution in [1.29, 1.82) is 0 Å². The molecule has 0 fully saturated rings. The Morgan fingerprint density at radius 1 is 1.38 bits per heavy atom. The number of amides is 1. The molecule has 0 unspecified atom stereocenters. The third kappa shape index (κ3) is 3.08. The molecule has 1 aromatic carbocycles. The van der Waals surface area contributed by atoms with Crippen molar-refractivity contribution in [1.82, 2.24) is 4.90 Å². The van der Waals surface area contributed by atoms with Crippen LogP contribution in [0.15, 0.2) is 18.2 Å². The Morgan fingerprint density at radius 3 is 2.69 bits per heavy atom. The highest BCUT2D eigenvalue weighted by atomic mass is 79.9. The van der Waals surface area contributed by atoms with E-state index in [9.17, 15) is 4.79 Å². The number of carbonyl (C=O) groups excluding carboxylic acids is 1. The van der Waals surface area contributed by atoms with Crippen LogP contribution in [0.5, 0.6) is 0 Å². The first-order chi connectivity index (χ1) is 7.57. The monoisotopic (exact) mass is 283 g/mol. The van der Waals surface area contributed by atoms with Crippen LogP contribution in [0.25, 0.3) is 0 Å². The highest BCUT2D eigenvalue weighted by Gasteiger charge is 2.13. The minimum atomic E-state index is 0.113. The Bertz CT molecular complexity index is 376. The lowest BCUT2D eigenvalue weighted by Gasteiger charge is -2.18. The zero-order chi connectivity index (χ0) is 12.1. The molecule has 0 bridgehead atoms. The minimum absolute atomic E-state index is 0.113. The zero-order valence-electron chi connectivity index (χ0n) is 10.1. The number of hydrogen-bond donors (Lipinski definition) is 0. The first kappa shape index (κ1) is 13.2. The van der Waals surface area contributed by atoms with Crippen molar-refractivity contribution >= 4 is 21.8 Å². The van der Waals surface area contributed by atoms with Gasteiger partial charge in [0.2, 0.25) is 0 Å². The molecule has 2 nitrogen and oxygen atoms in total. The van der Waals surface area contributed by atoms with E-state index < -0.39 is 0 Å². The Labute approximate surface area is 106 Å². The Balaban J connectivity index is 2.84. The number of alkyl halides is 1. The summed E-state index contributed by atoms with van der Waals surface area (Å²) in [4.78, 5) is 13.9. The summed E-state index contributed by atoms with van der Waals surface area (Å²) >= 11 is 3.37. The summed E-state index contributed by atoms with van der Waals surface area (Å²) < 4.78 is 0. The summed E-state index contributed by atoms with van der Waals surface area (Å²) in [7, 11) is 1.85. The molecule has 1 amide bonds. The van der Waals surface area contributed by atoms with Crippen molar-refractivity contribution in [3.05, 3.63) is 34.9 Å². The van der Waals surface area contributed by atoms with Gasteiger partial charge in [-0.05, 0) is 37.5 Å². The average molecular weight is 284 g/mol. The number of rotatable bonds is 4. The van der Waals surface area contributed by atoms with Gasteiger partial charge in [0.1, 0.15) is 0 Å². The first-order valence-corrected chi connectivity index (χ1v) is 6.57. The summed E-state index contributed by atoms with van der Waals surface area (Å²) in [5.74, 6) is 0.113.